The Morgan fingerprint density at radius 1 is 0.909 bits per heavy atom. The molecule has 1 fully saturated rings. The molecule has 168 valence electrons. The molecule has 0 unspecified atom stereocenters. The van der Waals surface area contributed by atoms with E-state index in [0.717, 1.165) is 48.1 Å². The molecular weight excluding hydrogens is 424 g/mol. The average molecular weight is 447 g/mol. The molecule has 2 heterocycles. The standard InChI is InChI=1S/C25H23F2N5O/c26-20-5-1-16(2-6-20)25(33)32(21-9-11-28-12-10-21)15-19-13-17(3-7-22(19)27)18-4-8-23-24(14-18)30-31-29-23/h1-8,13-14,21,28H,9-12,15H2,(H,29,30,31). The molecule has 1 aliphatic rings. The van der Waals surface area contributed by atoms with Crippen LogP contribution in [0.15, 0.2) is 60.7 Å². The summed E-state index contributed by atoms with van der Waals surface area (Å²) < 4.78 is 28.3. The summed E-state index contributed by atoms with van der Waals surface area (Å²) in [6, 6.07) is 16.1. The lowest BCUT2D eigenvalue weighted by Crippen LogP contribution is -2.45. The van der Waals surface area contributed by atoms with E-state index in [4.69, 9.17) is 0 Å². The number of rotatable bonds is 5. The summed E-state index contributed by atoms with van der Waals surface area (Å²) in [5.74, 6) is -0.995. The number of amides is 1. The van der Waals surface area contributed by atoms with Gasteiger partial charge in [0.2, 0.25) is 0 Å². The second-order valence-corrected chi connectivity index (χ2v) is 8.25. The molecule has 33 heavy (non-hydrogen) atoms. The van der Waals surface area contributed by atoms with Crippen LogP contribution in [0, 0.1) is 11.6 Å². The van der Waals surface area contributed by atoms with Gasteiger partial charge in [-0.2, -0.15) is 15.4 Å². The number of halogens is 2. The van der Waals surface area contributed by atoms with Crippen LogP contribution in [-0.2, 0) is 6.54 Å². The molecule has 6 nitrogen and oxygen atoms in total. The summed E-state index contributed by atoms with van der Waals surface area (Å²) in [6.45, 7) is 1.71. The van der Waals surface area contributed by atoms with Crippen molar-refractivity contribution in [3.05, 3.63) is 83.4 Å². The van der Waals surface area contributed by atoms with E-state index in [2.05, 4.69) is 20.7 Å². The zero-order valence-corrected chi connectivity index (χ0v) is 17.9. The molecule has 0 bridgehead atoms. The molecule has 1 saturated heterocycles. The largest absolute Gasteiger partial charge is 0.331 e. The third kappa shape index (κ3) is 4.47. The fourth-order valence-electron chi connectivity index (χ4n) is 4.32. The highest BCUT2D eigenvalue weighted by Gasteiger charge is 2.27. The first-order valence-electron chi connectivity index (χ1n) is 10.9. The van der Waals surface area contributed by atoms with Gasteiger partial charge in [0.15, 0.2) is 0 Å². The van der Waals surface area contributed by atoms with E-state index in [-0.39, 0.29) is 24.3 Å². The number of piperidine rings is 1. The monoisotopic (exact) mass is 447 g/mol. The maximum atomic E-state index is 14.9. The van der Waals surface area contributed by atoms with Gasteiger partial charge in [-0.15, -0.1) is 0 Å². The maximum absolute atomic E-state index is 14.9. The zero-order valence-electron chi connectivity index (χ0n) is 17.9. The summed E-state index contributed by atoms with van der Waals surface area (Å²) in [7, 11) is 0. The Bertz CT molecular complexity index is 1280. The second kappa shape index (κ2) is 9.07. The highest BCUT2D eigenvalue weighted by atomic mass is 19.1. The zero-order chi connectivity index (χ0) is 22.8. The van der Waals surface area contributed by atoms with Crippen molar-refractivity contribution < 1.29 is 13.6 Å². The highest BCUT2D eigenvalue weighted by Crippen LogP contribution is 2.27. The number of benzene rings is 3. The minimum Gasteiger partial charge on any atom is -0.331 e. The van der Waals surface area contributed by atoms with Crippen LogP contribution in [-0.4, -0.2) is 45.3 Å². The molecule has 0 atom stereocenters. The van der Waals surface area contributed by atoms with Crippen LogP contribution in [0.3, 0.4) is 0 Å². The van der Waals surface area contributed by atoms with Gasteiger partial charge in [-0.25, -0.2) is 8.78 Å². The fraction of sp³-hybridized carbons (Fsp3) is 0.240. The minimum absolute atomic E-state index is 0.0293. The highest BCUT2D eigenvalue weighted by molar-refractivity contribution is 5.94. The Balaban J connectivity index is 1.48. The lowest BCUT2D eigenvalue weighted by Gasteiger charge is -2.35. The maximum Gasteiger partial charge on any atom is 0.254 e. The van der Waals surface area contributed by atoms with Gasteiger partial charge in [-0.3, -0.25) is 4.79 Å². The topological polar surface area (TPSA) is 73.9 Å². The van der Waals surface area contributed by atoms with Gasteiger partial charge in [0.25, 0.3) is 5.91 Å². The third-order valence-electron chi connectivity index (χ3n) is 6.14. The Morgan fingerprint density at radius 3 is 2.39 bits per heavy atom. The Kier molecular flexibility index (Phi) is 5.83. The molecule has 1 aliphatic heterocycles. The van der Waals surface area contributed by atoms with Crippen molar-refractivity contribution >= 4 is 16.9 Å². The van der Waals surface area contributed by atoms with Crippen molar-refractivity contribution in [2.24, 2.45) is 0 Å². The van der Waals surface area contributed by atoms with Gasteiger partial charge >= 0.3 is 0 Å². The summed E-state index contributed by atoms with van der Waals surface area (Å²) >= 11 is 0. The van der Waals surface area contributed by atoms with Gasteiger partial charge in [0.05, 0.1) is 0 Å². The molecule has 0 aliphatic carbocycles. The molecule has 3 aromatic carbocycles. The van der Waals surface area contributed by atoms with Gasteiger partial charge in [0, 0.05) is 23.7 Å². The molecule has 4 aromatic rings. The van der Waals surface area contributed by atoms with Crippen LogP contribution in [0.1, 0.15) is 28.8 Å². The van der Waals surface area contributed by atoms with E-state index in [0.29, 0.717) is 11.1 Å². The van der Waals surface area contributed by atoms with Crippen molar-refractivity contribution in [2.75, 3.05) is 13.1 Å². The number of H-pyrrole nitrogens is 1. The molecule has 2 N–H and O–H groups in total. The van der Waals surface area contributed by atoms with Gasteiger partial charge in [-0.1, -0.05) is 12.1 Å². The van der Waals surface area contributed by atoms with E-state index in [1.165, 1.54) is 30.3 Å². The van der Waals surface area contributed by atoms with E-state index >= 15 is 0 Å². The number of hydrogen-bond acceptors (Lipinski definition) is 4. The van der Waals surface area contributed by atoms with Crippen LogP contribution in [0.2, 0.25) is 0 Å². The van der Waals surface area contributed by atoms with E-state index in [1.54, 1.807) is 17.0 Å². The molecule has 0 spiro atoms. The number of carbonyl (C=O) groups excluding carboxylic acids is 1. The quantitative estimate of drug-likeness (QED) is 0.479. The Labute approximate surface area is 189 Å². The minimum atomic E-state index is -0.400. The predicted octanol–water partition coefficient (Wildman–Crippen LogP) is 4.30. The number of hydrogen-bond donors (Lipinski definition) is 2. The first-order valence-corrected chi connectivity index (χ1v) is 10.9. The van der Waals surface area contributed by atoms with Crippen molar-refractivity contribution in [3.63, 3.8) is 0 Å². The Hall–Kier alpha value is -3.65. The average Bonchev–Trinajstić information content (AvgIpc) is 3.32. The molecule has 0 radical (unpaired) electrons. The van der Waals surface area contributed by atoms with Gasteiger partial charge < -0.3 is 10.2 Å². The Morgan fingerprint density at radius 2 is 1.61 bits per heavy atom. The molecule has 0 saturated carbocycles. The SMILES string of the molecule is O=C(c1ccc(F)cc1)N(Cc1cc(-c2ccc3n[nH]nc3c2)ccc1F)C1CCNCC1. The summed E-state index contributed by atoms with van der Waals surface area (Å²) in [6.07, 6.45) is 1.55. The lowest BCUT2D eigenvalue weighted by molar-refractivity contribution is 0.0621. The molecular formula is C25H23F2N5O. The van der Waals surface area contributed by atoms with Crippen molar-refractivity contribution in [1.82, 2.24) is 25.6 Å². The smallest absolute Gasteiger partial charge is 0.254 e. The first kappa shape index (κ1) is 21.2. The molecule has 1 aromatic heterocycles. The van der Waals surface area contributed by atoms with Gasteiger partial charge in [0.1, 0.15) is 22.7 Å². The molecule has 8 heteroatoms. The number of aromatic nitrogens is 3. The van der Waals surface area contributed by atoms with Crippen LogP contribution < -0.4 is 5.32 Å². The van der Waals surface area contributed by atoms with Crippen LogP contribution in [0.25, 0.3) is 22.2 Å². The van der Waals surface area contributed by atoms with E-state index in [9.17, 15) is 13.6 Å². The summed E-state index contributed by atoms with van der Waals surface area (Å²) in [5, 5.41) is 14.1. The van der Waals surface area contributed by atoms with Crippen LogP contribution in [0.4, 0.5) is 8.78 Å². The van der Waals surface area contributed by atoms with E-state index < -0.39 is 5.82 Å². The van der Waals surface area contributed by atoms with E-state index in [1.807, 2.05) is 18.2 Å². The number of nitrogens with one attached hydrogen (secondary N) is 2. The fourth-order valence-corrected chi connectivity index (χ4v) is 4.32. The first-order chi connectivity index (χ1) is 16.1. The number of carbonyl (C=O) groups is 1. The van der Waals surface area contributed by atoms with Crippen molar-refractivity contribution in [3.8, 4) is 11.1 Å². The number of nitrogens with zero attached hydrogens (tertiary/aromatic N) is 3. The van der Waals surface area contributed by atoms with Crippen molar-refractivity contribution in [1.29, 1.82) is 0 Å². The van der Waals surface area contributed by atoms with Crippen LogP contribution in [0.5, 0.6) is 0 Å². The predicted molar refractivity (Wildman–Crippen MR) is 121 cm³/mol. The normalized spacial score (nSPS) is 14.5. The summed E-state index contributed by atoms with van der Waals surface area (Å²) in [5.41, 5.74) is 4.01. The lowest BCUT2D eigenvalue weighted by atomic mass is 9.99. The number of aromatic amines is 1. The summed E-state index contributed by atoms with van der Waals surface area (Å²) in [4.78, 5) is 15.1. The molecule has 5 rings (SSSR count). The van der Waals surface area contributed by atoms with Crippen molar-refractivity contribution in [2.45, 2.75) is 25.4 Å². The third-order valence-corrected chi connectivity index (χ3v) is 6.14. The number of fused-ring (bicyclic) bond motifs is 1. The molecule has 1 amide bonds. The van der Waals surface area contributed by atoms with Crippen LogP contribution >= 0.6 is 0 Å². The van der Waals surface area contributed by atoms with Gasteiger partial charge in [-0.05, 0) is 85.6 Å². The second-order valence-electron chi connectivity index (χ2n) is 8.25.